The molecule has 1 saturated carbocycles. The third-order valence-electron chi connectivity index (χ3n) is 3.52. The molecule has 6 heteroatoms. The molecule has 1 aromatic carbocycles. The van der Waals surface area contributed by atoms with E-state index in [0.717, 1.165) is 24.8 Å². The second-order valence-electron chi connectivity index (χ2n) is 5.34. The lowest BCUT2D eigenvalue weighted by Crippen LogP contribution is -2.36. The zero-order valence-corrected chi connectivity index (χ0v) is 11.7. The molecule has 6 nitrogen and oxygen atoms in total. The minimum atomic E-state index is -0.596. The molecule has 1 amide bonds. The molecule has 110 valence electrons. The van der Waals surface area contributed by atoms with Crippen molar-refractivity contribution in [2.45, 2.75) is 37.6 Å². The van der Waals surface area contributed by atoms with E-state index in [9.17, 15) is 4.79 Å². The van der Waals surface area contributed by atoms with Gasteiger partial charge in [0.1, 0.15) is 0 Å². The summed E-state index contributed by atoms with van der Waals surface area (Å²) in [5, 5.41) is 10.3. The Morgan fingerprint density at radius 2 is 2.10 bits per heavy atom. The van der Waals surface area contributed by atoms with Crippen LogP contribution in [0.1, 0.15) is 36.6 Å². The summed E-state index contributed by atoms with van der Waals surface area (Å²) in [6.07, 6.45) is 3.48. The van der Waals surface area contributed by atoms with Crippen molar-refractivity contribution in [2.75, 3.05) is 5.32 Å². The number of hydrogen-bond donors (Lipinski definition) is 2. The maximum absolute atomic E-state index is 12.0. The van der Waals surface area contributed by atoms with Crippen molar-refractivity contribution in [3.63, 3.8) is 0 Å². The second-order valence-corrected chi connectivity index (χ2v) is 5.34. The Bertz CT molecular complexity index is 607. The zero-order chi connectivity index (χ0) is 14.7. The Morgan fingerprint density at radius 1 is 1.33 bits per heavy atom. The maximum atomic E-state index is 12.0. The van der Waals surface area contributed by atoms with Gasteiger partial charge in [0, 0.05) is 5.92 Å². The van der Waals surface area contributed by atoms with Crippen LogP contribution >= 0.6 is 0 Å². The first-order valence-corrected chi connectivity index (χ1v) is 7.16. The van der Waals surface area contributed by atoms with E-state index in [1.54, 1.807) is 0 Å². The average molecular weight is 286 g/mol. The Balaban J connectivity index is 1.49. The number of aryl methyl sites for hydroxylation is 1. The number of carbonyl (C=O) groups is 1. The molecule has 0 spiro atoms. The van der Waals surface area contributed by atoms with Gasteiger partial charge in [-0.1, -0.05) is 35.4 Å². The van der Waals surface area contributed by atoms with Gasteiger partial charge in [-0.25, -0.2) is 0 Å². The van der Waals surface area contributed by atoms with Gasteiger partial charge in [0.05, 0.1) is 6.04 Å². The largest absolute Gasteiger partial charge is 0.408 e. The molecule has 1 aliphatic carbocycles. The number of rotatable bonds is 6. The number of nitrogens with one attached hydrogen (secondary N) is 1. The third-order valence-corrected chi connectivity index (χ3v) is 3.52. The van der Waals surface area contributed by atoms with Crippen LogP contribution < -0.4 is 11.1 Å². The van der Waals surface area contributed by atoms with Crippen molar-refractivity contribution in [3.05, 3.63) is 41.8 Å². The lowest BCUT2D eigenvalue weighted by Gasteiger charge is -2.09. The van der Waals surface area contributed by atoms with Gasteiger partial charge in [0.2, 0.25) is 11.8 Å². The van der Waals surface area contributed by atoms with E-state index < -0.39 is 6.04 Å². The Hall–Kier alpha value is -2.21. The van der Waals surface area contributed by atoms with Gasteiger partial charge in [0.25, 0.3) is 0 Å². The molecular weight excluding hydrogens is 268 g/mol. The molecule has 0 unspecified atom stereocenters. The van der Waals surface area contributed by atoms with Crippen molar-refractivity contribution in [3.8, 4) is 0 Å². The topological polar surface area (TPSA) is 94.0 Å². The van der Waals surface area contributed by atoms with Crippen LogP contribution in [0.4, 0.5) is 6.01 Å². The lowest BCUT2D eigenvalue weighted by molar-refractivity contribution is -0.117. The van der Waals surface area contributed by atoms with Crippen LogP contribution in [0.25, 0.3) is 0 Å². The van der Waals surface area contributed by atoms with Crippen LogP contribution in [-0.2, 0) is 11.2 Å². The molecule has 0 bridgehead atoms. The van der Waals surface area contributed by atoms with Crippen LogP contribution in [0, 0.1) is 0 Å². The van der Waals surface area contributed by atoms with E-state index in [1.165, 1.54) is 0 Å². The second kappa shape index (κ2) is 6.05. The third kappa shape index (κ3) is 3.66. The lowest BCUT2D eigenvalue weighted by atomic mass is 10.1. The van der Waals surface area contributed by atoms with E-state index in [4.69, 9.17) is 10.2 Å². The minimum Gasteiger partial charge on any atom is -0.408 e. The van der Waals surface area contributed by atoms with Crippen molar-refractivity contribution in [2.24, 2.45) is 5.73 Å². The van der Waals surface area contributed by atoms with Gasteiger partial charge in [-0.2, -0.15) is 0 Å². The average Bonchev–Trinajstić information content (AvgIpc) is 3.26. The van der Waals surface area contributed by atoms with E-state index in [2.05, 4.69) is 15.5 Å². The molecule has 0 saturated heterocycles. The fourth-order valence-electron chi connectivity index (χ4n) is 2.08. The number of amides is 1. The molecule has 1 atom stereocenters. The summed E-state index contributed by atoms with van der Waals surface area (Å²) in [4.78, 5) is 12.0. The molecule has 1 aliphatic rings. The Labute approximate surface area is 122 Å². The number of anilines is 1. The molecule has 3 rings (SSSR count). The molecule has 21 heavy (non-hydrogen) atoms. The molecule has 0 radical (unpaired) electrons. The highest BCUT2D eigenvalue weighted by Crippen LogP contribution is 2.39. The predicted molar refractivity (Wildman–Crippen MR) is 77.6 cm³/mol. The molecular formula is C15H18N4O2. The summed E-state index contributed by atoms with van der Waals surface area (Å²) in [7, 11) is 0. The fourth-order valence-corrected chi connectivity index (χ4v) is 2.08. The molecule has 1 aromatic heterocycles. The monoisotopic (exact) mass is 286 g/mol. The number of aromatic nitrogens is 2. The van der Waals surface area contributed by atoms with Crippen LogP contribution in [-0.4, -0.2) is 22.1 Å². The molecule has 1 fully saturated rings. The predicted octanol–water partition coefficient (Wildman–Crippen LogP) is 1.85. The Morgan fingerprint density at radius 3 is 2.81 bits per heavy atom. The van der Waals surface area contributed by atoms with Crippen LogP contribution in [0.15, 0.2) is 34.7 Å². The summed E-state index contributed by atoms with van der Waals surface area (Å²) in [5.74, 6) is 0.676. The SMILES string of the molecule is N[C@@H](CCc1ccccc1)C(=O)Nc1nnc(C2CC2)o1. The van der Waals surface area contributed by atoms with Crippen LogP contribution in [0.2, 0.25) is 0 Å². The number of nitrogens with two attached hydrogens (primary N) is 1. The van der Waals surface area contributed by atoms with E-state index in [1.807, 2.05) is 30.3 Å². The summed E-state index contributed by atoms with van der Waals surface area (Å²) in [6, 6.07) is 9.48. The van der Waals surface area contributed by atoms with Gasteiger partial charge in [-0.15, -0.1) is 5.10 Å². The van der Waals surface area contributed by atoms with Gasteiger partial charge < -0.3 is 10.2 Å². The number of benzene rings is 1. The standard InChI is InChI=1S/C15H18N4O2/c16-12(9-6-10-4-2-1-3-5-10)13(20)17-15-19-18-14(21-15)11-7-8-11/h1-5,11-12H,6-9,16H2,(H,17,19,20)/t12-/m0/s1. The van der Waals surface area contributed by atoms with Crippen molar-refractivity contribution in [1.29, 1.82) is 0 Å². The highest BCUT2D eigenvalue weighted by Gasteiger charge is 2.29. The minimum absolute atomic E-state index is 0.136. The quantitative estimate of drug-likeness (QED) is 0.845. The van der Waals surface area contributed by atoms with Crippen molar-refractivity contribution in [1.82, 2.24) is 10.2 Å². The van der Waals surface area contributed by atoms with Crippen molar-refractivity contribution < 1.29 is 9.21 Å². The molecule has 3 N–H and O–H groups in total. The van der Waals surface area contributed by atoms with Gasteiger partial charge in [0.15, 0.2) is 0 Å². The first-order valence-electron chi connectivity index (χ1n) is 7.16. The smallest absolute Gasteiger partial charge is 0.322 e. The summed E-state index contributed by atoms with van der Waals surface area (Å²) in [5.41, 5.74) is 7.05. The molecule has 1 heterocycles. The highest BCUT2D eigenvalue weighted by molar-refractivity contribution is 5.92. The Kier molecular flexibility index (Phi) is 3.96. The normalized spacial score (nSPS) is 15.7. The van der Waals surface area contributed by atoms with E-state index in [0.29, 0.717) is 18.2 Å². The van der Waals surface area contributed by atoms with E-state index in [-0.39, 0.29) is 11.9 Å². The number of hydrogen-bond acceptors (Lipinski definition) is 5. The van der Waals surface area contributed by atoms with Gasteiger partial charge in [-0.3, -0.25) is 10.1 Å². The number of nitrogens with zero attached hydrogens (tertiary/aromatic N) is 2. The van der Waals surface area contributed by atoms with E-state index >= 15 is 0 Å². The van der Waals surface area contributed by atoms with Gasteiger partial charge in [-0.05, 0) is 31.2 Å². The van der Waals surface area contributed by atoms with Crippen molar-refractivity contribution >= 4 is 11.9 Å². The maximum Gasteiger partial charge on any atom is 0.322 e. The molecule has 0 aliphatic heterocycles. The molecule has 2 aromatic rings. The first kappa shape index (κ1) is 13.8. The first-order chi connectivity index (χ1) is 10.2. The zero-order valence-electron chi connectivity index (χ0n) is 11.7. The van der Waals surface area contributed by atoms with Crippen LogP contribution in [0.3, 0.4) is 0 Å². The van der Waals surface area contributed by atoms with Gasteiger partial charge >= 0.3 is 6.01 Å². The number of carbonyl (C=O) groups excluding carboxylic acids is 1. The summed E-state index contributed by atoms with van der Waals surface area (Å²) >= 11 is 0. The fraction of sp³-hybridized carbons (Fsp3) is 0.400. The van der Waals surface area contributed by atoms with Crippen LogP contribution in [0.5, 0.6) is 0 Å². The summed E-state index contributed by atoms with van der Waals surface area (Å²) in [6.45, 7) is 0. The highest BCUT2D eigenvalue weighted by atomic mass is 16.4. The summed E-state index contributed by atoms with van der Waals surface area (Å²) < 4.78 is 5.38.